The first kappa shape index (κ1) is 13.4. The lowest BCUT2D eigenvalue weighted by Crippen LogP contribution is -2.40. The highest BCUT2D eigenvalue weighted by Crippen LogP contribution is 2.49. The summed E-state index contributed by atoms with van der Waals surface area (Å²) in [6.07, 6.45) is 9.57. The SMILES string of the molecule is C[C@H](NC(=O)c1noc2c1CCCC2)[C@@H]1C[C@H]2CC[C@H]1C2. The van der Waals surface area contributed by atoms with Gasteiger partial charge < -0.3 is 9.84 Å². The van der Waals surface area contributed by atoms with Crippen LogP contribution in [0.3, 0.4) is 0 Å². The fraction of sp³-hybridized carbons (Fsp3) is 0.765. The molecule has 0 aromatic carbocycles. The van der Waals surface area contributed by atoms with Crippen molar-refractivity contribution in [2.75, 3.05) is 0 Å². The fourth-order valence-electron chi connectivity index (χ4n) is 4.85. The Balaban J connectivity index is 1.45. The summed E-state index contributed by atoms with van der Waals surface area (Å²) in [6, 6.07) is 0.253. The van der Waals surface area contributed by atoms with Gasteiger partial charge in [0.2, 0.25) is 0 Å². The fourth-order valence-corrected chi connectivity index (χ4v) is 4.85. The van der Waals surface area contributed by atoms with E-state index in [0.717, 1.165) is 48.8 Å². The van der Waals surface area contributed by atoms with Crippen LogP contribution in [-0.2, 0) is 12.8 Å². The highest BCUT2D eigenvalue weighted by molar-refractivity contribution is 5.94. The Morgan fingerprint density at radius 2 is 2.14 bits per heavy atom. The number of nitrogens with zero attached hydrogens (tertiary/aromatic N) is 1. The van der Waals surface area contributed by atoms with Crippen molar-refractivity contribution in [3.8, 4) is 0 Å². The van der Waals surface area contributed by atoms with Gasteiger partial charge in [0.15, 0.2) is 5.69 Å². The largest absolute Gasteiger partial charge is 0.360 e. The van der Waals surface area contributed by atoms with Gasteiger partial charge in [-0.1, -0.05) is 11.6 Å². The maximum atomic E-state index is 12.5. The van der Waals surface area contributed by atoms with E-state index in [1.165, 1.54) is 25.7 Å². The number of fused-ring (bicyclic) bond motifs is 3. The molecule has 4 heteroatoms. The Labute approximate surface area is 125 Å². The predicted octanol–water partition coefficient (Wildman–Crippen LogP) is 3.11. The van der Waals surface area contributed by atoms with Crippen LogP contribution in [-0.4, -0.2) is 17.1 Å². The van der Waals surface area contributed by atoms with Gasteiger partial charge in [-0.25, -0.2) is 0 Å². The Morgan fingerprint density at radius 3 is 2.90 bits per heavy atom. The summed E-state index contributed by atoms with van der Waals surface area (Å²) in [4.78, 5) is 12.5. The molecule has 0 aliphatic heterocycles. The van der Waals surface area contributed by atoms with E-state index in [9.17, 15) is 4.79 Å². The van der Waals surface area contributed by atoms with Gasteiger partial charge in [0.05, 0.1) is 0 Å². The Hall–Kier alpha value is -1.32. The van der Waals surface area contributed by atoms with Crippen LogP contribution in [0.2, 0.25) is 0 Å². The van der Waals surface area contributed by atoms with E-state index in [1.807, 2.05) is 0 Å². The van der Waals surface area contributed by atoms with E-state index in [-0.39, 0.29) is 11.9 Å². The minimum absolute atomic E-state index is 0.0304. The minimum atomic E-state index is -0.0304. The zero-order valence-electron chi connectivity index (χ0n) is 12.7. The summed E-state index contributed by atoms with van der Waals surface area (Å²) in [5.41, 5.74) is 1.60. The van der Waals surface area contributed by atoms with E-state index in [0.29, 0.717) is 11.6 Å². The highest BCUT2D eigenvalue weighted by atomic mass is 16.5. The lowest BCUT2D eigenvalue weighted by Gasteiger charge is -2.28. The first-order valence-electron chi connectivity index (χ1n) is 8.50. The number of nitrogens with one attached hydrogen (secondary N) is 1. The van der Waals surface area contributed by atoms with Crippen LogP contribution < -0.4 is 5.32 Å². The first-order valence-corrected chi connectivity index (χ1v) is 8.50. The highest BCUT2D eigenvalue weighted by Gasteiger charge is 2.42. The Morgan fingerprint density at radius 1 is 1.29 bits per heavy atom. The molecule has 0 saturated heterocycles. The van der Waals surface area contributed by atoms with Crippen molar-refractivity contribution in [3.63, 3.8) is 0 Å². The van der Waals surface area contributed by atoms with Crippen molar-refractivity contribution in [3.05, 3.63) is 17.0 Å². The van der Waals surface area contributed by atoms with Crippen LogP contribution >= 0.6 is 0 Å². The molecule has 2 bridgehead atoms. The molecule has 1 aromatic rings. The number of carbonyl (C=O) groups is 1. The number of rotatable bonds is 3. The van der Waals surface area contributed by atoms with Crippen LogP contribution in [0.15, 0.2) is 4.52 Å². The molecule has 0 unspecified atom stereocenters. The maximum absolute atomic E-state index is 12.5. The molecule has 1 amide bonds. The van der Waals surface area contributed by atoms with Crippen molar-refractivity contribution in [2.45, 2.75) is 64.3 Å². The van der Waals surface area contributed by atoms with Crippen LogP contribution in [0.4, 0.5) is 0 Å². The van der Waals surface area contributed by atoms with Crippen LogP contribution in [0, 0.1) is 17.8 Å². The normalized spacial score (nSPS) is 32.0. The smallest absolute Gasteiger partial charge is 0.273 e. The lowest BCUT2D eigenvalue weighted by atomic mass is 9.84. The maximum Gasteiger partial charge on any atom is 0.273 e. The molecular formula is C17H24N2O2. The van der Waals surface area contributed by atoms with Crippen molar-refractivity contribution in [1.29, 1.82) is 0 Å². The molecule has 4 nitrogen and oxygen atoms in total. The van der Waals surface area contributed by atoms with Gasteiger partial charge in [0.1, 0.15) is 5.76 Å². The van der Waals surface area contributed by atoms with E-state index in [4.69, 9.17) is 4.52 Å². The molecule has 4 atom stereocenters. The summed E-state index contributed by atoms with van der Waals surface area (Å²) in [6.45, 7) is 2.16. The number of hydrogen-bond donors (Lipinski definition) is 1. The molecule has 21 heavy (non-hydrogen) atoms. The molecule has 114 valence electrons. The summed E-state index contributed by atoms with van der Waals surface area (Å²) in [5, 5.41) is 7.24. The van der Waals surface area contributed by atoms with Gasteiger partial charge in [-0.3, -0.25) is 4.79 Å². The Kier molecular flexibility index (Phi) is 3.27. The molecule has 0 spiro atoms. The quantitative estimate of drug-likeness (QED) is 0.929. The Bertz CT molecular complexity index is 551. The predicted molar refractivity (Wildman–Crippen MR) is 79.0 cm³/mol. The summed E-state index contributed by atoms with van der Waals surface area (Å²) >= 11 is 0. The van der Waals surface area contributed by atoms with Gasteiger partial charge in [-0.05, 0) is 63.2 Å². The van der Waals surface area contributed by atoms with Gasteiger partial charge in [-0.2, -0.15) is 0 Å². The molecule has 1 aromatic heterocycles. The minimum Gasteiger partial charge on any atom is -0.360 e. The third-order valence-corrected chi connectivity index (χ3v) is 5.96. The second-order valence-corrected chi connectivity index (χ2v) is 7.24. The van der Waals surface area contributed by atoms with E-state index in [1.54, 1.807) is 0 Å². The van der Waals surface area contributed by atoms with Gasteiger partial charge in [0, 0.05) is 18.0 Å². The standard InChI is InChI=1S/C17H24N2O2/c1-10(14-9-11-6-7-12(14)8-11)18-17(20)16-13-4-2-3-5-15(13)21-19-16/h10-12,14H,2-9H2,1H3,(H,18,20)/t10-,11-,12-,14-/m0/s1. The summed E-state index contributed by atoms with van der Waals surface area (Å²) < 4.78 is 5.35. The molecule has 2 saturated carbocycles. The molecule has 3 aliphatic rings. The average Bonchev–Trinajstić information content (AvgIpc) is 3.21. The molecule has 1 heterocycles. The monoisotopic (exact) mass is 288 g/mol. The molecule has 4 rings (SSSR count). The van der Waals surface area contributed by atoms with Crippen molar-refractivity contribution in [1.82, 2.24) is 10.5 Å². The van der Waals surface area contributed by atoms with E-state index >= 15 is 0 Å². The number of amides is 1. The molecule has 0 radical (unpaired) electrons. The zero-order valence-corrected chi connectivity index (χ0v) is 12.7. The van der Waals surface area contributed by atoms with Crippen molar-refractivity contribution >= 4 is 5.91 Å². The topological polar surface area (TPSA) is 55.1 Å². The molecular weight excluding hydrogens is 264 g/mol. The van der Waals surface area contributed by atoms with Crippen LogP contribution in [0.25, 0.3) is 0 Å². The zero-order chi connectivity index (χ0) is 14.4. The van der Waals surface area contributed by atoms with Gasteiger partial charge in [0.25, 0.3) is 5.91 Å². The molecule has 3 aliphatic carbocycles. The summed E-state index contributed by atoms with van der Waals surface area (Å²) in [7, 11) is 0. The molecule has 1 N–H and O–H groups in total. The van der Waals surface area contributed by atoms with Crippen LogP contribution in [0.1, 0.15) is 67.3 Å². The number of aromatic nitrogens is 1. The lowest BCUT2D eigenvalue weighted by molar-refractivity contribution is 0.0905. The van der Waals surface area contributed by atoms with Gasteiger partial charge >= 0.3 is 0 Å². The number of carbonyl (C=O) groups excluding carboxylic acids is 1. The first-order chi connectivity index (χ1) is 10.2. The third kappa shape index (κ3) is 2.29. The van der Waals surface area contributed by atoms with Crippen molar-refractivity contribution in [2.24, 2.45) is 17.8 Å². The van der Waals surface area contributed by atoms with E-state index < -0.39 is 0 Å². The molecule has 2 fully saturated rings. The van der Waals surface area contributed by atoms with E-state index in [2.05, 4.69) is 17.4 Å². The second-order valence-electron chi connectivity index (χ2n) is 7.24. The third-order valence-electron chi connectivity index (χ3n) is 5.96. The summed E-state index contributed by atoms with van der Waals surface area (Å²) in [5.74, 6) is 3.31. The van der Waals surface area contributed by atoms with Gasteiger partial charge in [-0.15, -0.1) is 0 Å². The van der Waals surface area contributed by atoms with Crippen molar-refractivity contribution < 1.29 is 9.32 Å². The van der Waals surface area contributed by atoms with Crippen LogP contribution in [0.5, 0.6) is 0 Å². The number of aryl methyl sites for hydroxylation is 1. The average molecular weight is 288 g/mol. The second kappa shape index (κ2) is 5.15. The number of hydrogen-bond acceptors (Lipinski definition) is 3.